The molecule has 0 unspecified atom stereocenters. The Balaban J connectivity index is 2.04. The lowest BCUT2D eigenvalue weighted by atomic mass is 10.0. The molecule has 0 fully saturated rings. The molecule has 128 valence electrons. The highest BCUT2D eigenvalue weighted by atomic mass is 16.5. The predicted molar refractivity (Wildman–Crippen MR) is 96.4 cm³/mol. The number of nitrogens with one attached hydrogen (secondary N) is 1. The Morgan fingerprint density at radius 2 is 1.83 bits per heavy atom. The second-order valence-electron chi connectivity index (χ2n) is 6.08. The number of para-hydroxylation sites is 1. The number of carbonyl (C=O) groups is 1. The van der Waals surface area contributed by atoms with Gasteiger partial charge in [0.25, 0.3) is 5.91 Å². The molecular formula is C20H25NO3. The van der Waals surface area contributed by atoms with Crippen LogP contribution >= 0.6 is 0 Å². The molecule has 0 aliphatic heterocycles. The fourth-order valence-corrected chi connectivity index (χ4v) is 2.46. The van der Waals surface area contributed by atoms with Crippen LogP contribution in [0.15, 0.2) is 48.5 Å². The maximum Gasteiger partial charge on any atom is 0.265 e. The molecule has 2 aromatic rings. The molecule has 0 aliphatic rings. The number of hydrogen-bond acceptors (Lipinski definition) is 3. The van der Waals surface area contributed by atoms with Gasteiger partial charge in [-0.3, -0.25) is 4.79 Å². The van der Waals surface area contributed by atoms with E-state index in [1.807, 2.05) is 48.5 Å². The Morgan fingerprint density at radius 1 is 1.08 bits per heavy atom. The van der Waals surface area contributed by atoms with Gasteiger partial charge in [0.1, 0.15) is 5.75 Å². The molecule has 0 bridgehead atoms. The second kappa shape index (κ2) is 8.50. The first-order chi connectivity index (χ1) is 11.5. The summed E-state index contributed by atoms with van der Waals surface area (Å²) in [6, 6.07) is 15.4. The number of anilines is 1. The second-order valence-corrected chi connectivity index (χ2v) is 6.08. The average molecular weight is 327 g/mol. The molecule has 0 spiro atoms. The van der Waals surface area contributed by atoms with Crippen LogP contribution < -0.4 is 10.1 Å². The van der Waals surface area contributed by atoms with Gasteiger partial charge in [0.15, 0.2) is 6.10 Å². The fourth-order valence-electron chi connectivity index (χ4n) is 2.46. The molecule has 1 atom stereocenters. The molecule has 1 amide bonds. The highest BCUT2D eigenvalue weighted by Gasteiger charge is 2.17. The summed E-state index contributed by atoms with van der Waals surface area (Å²) in [5.74, 6) is 0.911. The van der Waals surface area contributed by atoms with E-state index in [4.69, 9.17) is 9.47 Å². The number of hydrogen-bond donors (Lipinski definition) is 1. The summed E-state index contributed by atoms with van der Waals surface area (Å²) in [4.78, 5) is 12.4. The molecule has 0 aliphatic carbocycles. The van der Waals surface area contributed by atoms with Crippen molar-refractivity contribution >= 4 is 11.6 Å². The summed E-state index contributed by atoms with van der Waals surface area (Å²) in [5.41, 5.74) is 2.84. The molecule has 4 heteroatoms. The van der Waals surface area contributed by atoms with E-state index < -0.39 is 6.10 Å². The smallest absolute Gasteiger partial charge is 0.265 e. The van der Waals surface area contributed by atoms with Crippen LogP contribution in [0.5, 0.6) is 5.75 Å². The van der Waals surface area contributed by atoms with Crippen LogP contribution in [0.4, 0.5) is 5.69 Å². The summed E-state index contributed by atoms with van der Waals surface area (Å²) in [6.45, 7) is 6.48. The van der Waals surface area contributed by atoms with E-state index in [1.165, 1.54) is 0 Å². The first-order valence-corrected chi connectivity index (χ1v) is 8.15. The number of amides is 1. The molecule has 0 heterocycles. The van der Waals surface area contributed by atoms with E-state index in [-0.39, 0.29) is 5.91 Å². The zero-order chi connectivity index (χ0) is 17.5. The summed E-state index contributed by atoms with van der Waals surface area (Å²) in [5, 5.41) is 2.89. The van der Waals surface area contributed by atoms with E-state index in [2.05, 4.69) is 19.2 Å². The van der Waals surface area contributed by atoms with Crippen molar-refractivity contribution in [2.75, 3.05) is 12.4 Å². The van der Waals surface area contributed by atoms with Gasteiger partial charge in [-0.15, -0.1) is 0 Å². The lowest BCUT2D eigenvalue weighted by Crippen LogP contribution is -2.30. The van der Waals surface area contributed by atoms with Crippen molar-refractivity contribution in [2.45, 2.75) is 39.4 Å². The lowest BCUT2D eigenvalue weighted by molar-refractivity contribution is -0.122. The zero-order valence-electron chi connectivity index (χ0n) is 14.7. The number of rotatable bonds is 7. The van der Waals surface area contributed by atoms with Crippen LogP contribution in [0.25, 0.3) is 0 Å². The minimum absolute atomic E-state index is 0.178. The third kappa shape index (κ3) is 4.83. The van der Waals surface area contributed by atoms with Crippen LogP contribution in [0.1, 0.15) is 37.8 Å². The SMILES string of the molecule is COCc1cccc(NC(=O)[C@@H](C)Oc2ccccc2C(C)C)c1. The van der Waals surface area contributed by atoms with Crippen LogP contribution in [-0.2, 0) is 16.1 Å². The topological polar surface area (TPSA) is 47.6 Å². The van der Waals surface area contributed by atoms with E-state index >= 15 is 0 Å². The lowest BCUT2D eigenvalue weighted by Gasteiger charge is -2.19. The van der Waals surface area contributed by atoms with E-state index in [0.29, 0.717) is 12.5 Å². The molecule has 2 rings (SSSR count). The van der Waals surface area contributed by atoms with Gasteiger partial charge in [-0.1, -0.05) is 44.2 Å². The maximum absolute atomic E-state index is 12.4. The normalized spacial score (nSPS) is 12.0. The average Bonchev–Trinajstić information content (AvgIpc) is 2.55. The Labute approximate surface area is 143 Å². The molecular weight excluding hydrogens is 302 g/mol. The molecule has 0 radical (unpaired) electrons. The van der Waals surface area contributed by atoms with Crippen molar-refractivity contribution in [3.8, 4) is 5.75 Å². The maximum atomic E-state index is 12.4. The summed E-state index contributed by atoms with van der Waals surface area (Å²) in [7, 11) is 1.65. The van der Waals surface area contributed by atoms with Crippen molar-refractivity contribution in [3.05, 3.63) is 59.7 Å². The van der Waals surface area contributed by atoms with Gasteiger partial charge in [0.2, 0.25) is 0 Å². The minimum Gasteiger partial charge on any atom is -0.481 e. The van der Waals surface area contributed by atoms with Crippen molar-refractivity contribution in [1.29, 1.82) is 0 Å². The van der Waals surface area contributed by atoms with Gasteiger partial charge in [-0.25, -0.2) is 0 Å². The number of benzene rings is 2. The van der Waals surface area contributed by atoms with Gasteiger partial charge in [0, 0.05) is 12.8 Å². The largest absolute Gasteiger partial charge is 0.481 e. The third-order valence-corrected chi connectivity index (χ3v) is 3.72. The minimum atomic E-state index is -0.587. The number of carbonyl (C=O) groups excluding carboxylic acids is 1. The molecule has 1 N–H and O–H groups in total. The van der Waals surface area contributed by atoms with Gasteiger partial charge < -0.3 is 14.8 Å². The van der Waals surface area contributed by atoms with Gasteiger partial charge >= 0.3 is 0 Å². The van der Waals surface area contributed by atoms with Crippen LogP contribution in [0.2, 0.25) is 0 Å². The van der Waals surface area contributed by atoms with Crippen LogP contribution in [0.3, 0.4) is 0 Å². The Kier molecular flexibility index (Phi) is 6.38. The van der Waals surface area contributed by atoms with E-state index in [0.717, 1.165) is 22.6 Å². The van der Waals surface area contributed by atoms with Crippen LogP contribution in [0, 0.1) is 0 Å². The highest BCUT2D eigenvalue weighted by Crippen LogP contribution is 2.26. The number of ether oxygens (including phenoxy) is 2. The van der Waals surface area contributed by atoms with E-state index in [9.17, 15) is 4.79 Å². The quantitative estimate of drug-likeness (QED) is 0.822. The summed E-state index contributed by atoms with van der Waals surface area (Å²) < 4.78 is 11.0. The fraction of sp³-hybridized carbons (Fsp3) is 0.350. The molecule has 0 aromatic heterocycles. The molecule has 0 saturated heterocycles. The Morgan fingerprint density at radius 3 is 2.54 bits per heavy atom. The monoisotopic (exact) mass is 327 g/mol. The van der Waals surface area contributed by atoms with Crippen molar-refractivity contribution in [1.82, 2.24) is 0 Å². The standard InChI is InChI=1S/C20H25NO3/c1-14(2)18-10-5-6-11-19(18)24-15(3)20(22)21-17-9-7-8-16(12-17)13-23-4/h5-12,14-15H,13H2,1-4H3,(H,21,22)/t15-/m1/s1. The van der Waals surface area contributed by atoms with Crippen molar-refractivity contribution in [2.24, 2.45) is 0 Å². The van der Waals surface area contributed by atoms with Gasteiger partial charge in [-0.05, 0) is 42.2 Å². The van der Waals surface area contributed by atoms with Crippen molar-refractivity contribution < 1.29 is 14.3 Å². The van der Waals surface area contributed by atoms with E-state index in [1.54, 1.807) is 14.0 Å². The van der Waals surface area contributed by atoms with Crippen LogP contribution in [-0.4, -0.2) is 19.1 Å². The Hall–Kier alpha value is -2.33. The van der Waals surface area contributed by atoms with Crippen molar-refractivity contribution in [3.63, 3.8) is 0 Å². The first-order valence-electron chi connectivity index (χ1n) is 8.15. The third-order valence-electron chi connectivity index (χ3n) is 3.72. The Bertz CT molecular complexity index is 682. The molecule has 24 heavy (non-hydrogen) atoms. The van der Waals surface area contributed by atoms with Gasteiger partial charge in [0.05, 0.1) is 6.61 Å². The molecule has 2 aromatic carbocycles. The molecule has 4 nitrogen and oxygen atoms in total. The first kappa shape index (κ1) is 18.0. The van der Waals surface area contributed by atoms with Gasteiger partial charge in [-0.2, -0.15) is 0 Å². The summed E-state index contributed by atoms with van der Waals surface area (Å²) in [6.07, 6.45) is -0.587. The molecule has 0 saturated carbocycles. The zero-order valence-corrected chi connectivity index (χ0v) is 14.7. The number of methoxy groups -OCH3 is 1. The summed E-state index contributed by atoms with van der Waals surface area (Å²) >= 11 is 0. The predicted octanol–water partition coefficient (Wildman–Crippen LogP) is 4.36. The highest BCUT2D eigenvalue weighted by molar-refractivity contribution is 5.94.